The van der Waals surface area contributed by atoms with Gasteiger partial charge in [-0.3, -0.25) is 0 Å². The summed E-state index contributed by atoms with van der Waals surface area (Å²) in [6.07, 6.45) is 9.79. The molecule has 0 saturated carbocycles. The number of nitrogens with zero attached hydrogens (tertiary/aromatic N) is 2. The molecule has 0 aliphatic heterocycles. The van der Waals surface area contributed by atoms with Gasteiger partial charge in [0, 0.05) is 47.4 Å². The number of benzene rings is 5. The number of carbonyl (C=O) groups is 1. The summed E-state index contributed by atoms with van der Waals surface area (Å²) in [4.78, 5) is 17.6. The molecule has 0 spiro atoms. The first kappa shape index (κ1) is 37.1. The predicted octanol–water partition coefficient (Wildman–Crippen LogP) is 14.2. The molecule has 2 aliphatic rings. The summed E-state index contributed by atoms with van der Waals surface area (Å²) < 4.78 is 0. The number of hydrogen-bond acceptors (Lipinski definition) is 5. The molecule has 4 nitrogen and oxygen atoms in total. The monoisotopic (exact) mass is 788 g/mol. The van der Waals surface area contributed by atoms with Crippen LogP contribution in [0.2, 0.25) is 0 Å². The smallest absolute Gasteiger partial charge is 0.346 e. The fourth-order valence-electron chi connectivity index (χ4n) is 8.55. The molecule has 0 saturated heterocycles. The van der Waals surface area contributed by atoms with Crippen molar-refractivity contribution in [1.82, 2.24) is 0 Å². The van der Waals surface area contributed by atoms with E-state index in [-0.39, 0.29) is 16.4 Å². The van der Waals surface area contributed by atoms with Gasteiger partial charge < -0.3 is 10.0 Å². The number of aliphatic carboxylic acids is 1. The summed E-state index contributed by atoms with van der Waals surface area (Å²) in [6, 6.07) is 50.1. The van der Waals surface area contributed by atoms with E-state index in [0.29, 0.717) is 0 Å². The molecule has 0 atom stereocenters. The van der Waals surface area contributed by atoms with Crippen LogP contribution in [0.4, 0.5) is 17.1 Å². The summed E-state index contributed by atoms with van der Waals surface area (Å²) in [5.41, 5.74) is 14.7. The van der Waals surface area contributed by atoms with Crippen molar-refractivity contribution < 1.29 is 9.90 Å². The zero-order valence-corrected chi connectivity index (χ0v) is 34.3. The van der Waals surface area contributed by atoms with Crippen LogP contribution >= 0.6 is 22.7 Å². The Morgan fingerprint density at radius 1 is 0.552 bits per heavy atom. The van der Waals surface area contributed by atoms with Gasteiger partial charge in [-0.2, -0.15) is 5.26 Å². The Labute approximate surface area is 347 Å². The highest BCUT2D eigenvalue weighted by Crippen LogP contribution is 2.53. The number of carboxylic acid groups (broad SMARTS) is 1. The van der Waals surface area contributed by atoms with Crippen LogP contribution in [0.15, 0.2) is 139 Å². The molecule has 1 N–H and O–H groups in total. The zero-order valence-electron chi connectivity index (χ0n) is 32.7. The lowest BCUT2D eigenvalue weighted by atomic mass is 9.82. The number of hydrogen-bond donors (Lipinski definition) is 1. The van der Waals surface area contributed by atoms with Crippen LogP contribution in [0.1, 0.15) is 75.0 Å². The lowest BCUT2D eigenvalue weighted by Gasteiger charge is -2.29. The lowest BCUT2D eigenvalue weighted by molar-refractivity contribution is -0.132. The fraction of sp³-hybridized carbons (Fsp3) is 0.115. The highest BCUT2D eigenvalue weighted by molar-refractivity contribution is 7.14. The third kappa shape index (κ3) is 6.53. The largest absolute Gasteiger partial charge is 0.477 e. The first-order chi connectivity index (χ1) is 28.0. The van der Waals surface area contributed by atoms with E-state index in [9.17, 15) is 4.79 Å². The average molecular weight is 789 g/mol. The van der Waals surface area contributed by atoms with Gasteiger partial charge in [0.25, 0.3) is 0 Å². The molecule has 6 heteroatoms. The van der Waals surface area contributed by atoms with Gasteiger partial charge in [0.15, 0.2) is 0 Å². The van der Waals surface area contributed by atoms with Crippen LogP contribution in [-0.2, 0) is 15.6 Å². The third-order valence-corrected chi connectivity index (χ3v) is 13.6. The molecule has 7 aromatic rings. The summed E-state index contributed by atoms with van der Waals surface area (Å²) in [5.74, 6) is -1.22. The van der Waals surface area contributed by atoms with Crippen molar-refractivity contribution in [2.75, 3.05) is 4.90 Å². The molecule has 2 aliphatic carbocycles. The van der Waals surface area contributed by atoms with Crippen LogP contribution in [0.25, 0.3) is 52.6 Å². The van der Waals surface area contributed by atoms with Crippen LogP contribution < -0.4 is 4.90 Å². The topological polar surface area (TPSA) is 64.3 Å². The lowest BCUT2D eigenvalue weighted by Crippen LogP contribution is -2.18. The van der Waals surface area contributed by atoms with Gasteiger partial charge in [0.1, 0.15) is 11.6 Å². The molecule has 9 rings (SSSR count). The molecule has 5 aromatic carbocycles. The second-order valence-corrected chi connectivity index (χ2v) is 18.1. The van der Waals surface area contributed by atoms with E-state index in [1.807, 2.05) is 18.2 Å². The van der Waals surface area contributed by atoms with Crippen molar-refractivity contribution in [3.63, 3.8) is 0 Å². The third-order valence-electron chi connectivity index (χ3n) is 11.6. The van der Waals surface area contributed by atoms with E-state index in [0.717, 1.165) is 42.1 Å². The maximum atomic E-state index is 11.2. The number of rotatable bonds is 9. The van der Waals surface area contributed by atoms with Crippen LogP contribution in [0, 0.1) is 11.3 Å². The van der Waals surface area contributed by atoms with Crippen molar-refractivity contribution in [1.29, 1.82) is 5.26 Å². The van der Waals surface area contributed by atoms with Gasteiger partial charge >= 0.3 is 5.97 Å². The van der Waals surface area contributed by atoms with Gasteiger partial charge in [0.05, 0.1) is 0 Å². The summed E-state index contributed by atoms with van der Waals surface area (Å²) in [5, 5.41) is 18.2. The van der Waals surface area contributed by atoms with Crippen LogP contribution in [0.5, 0.6) is 0 Å². The van der Waals surface area contributed by atoms with Crippen molar-refractivity contribution in [3.8, 4) is 28.3 Å². The zero-order chi connectivity index (χ0) is 40.2. The van der Waals surface area contributed by atoms with Gasteiger partial charge in [0.2, 0.25) is 0 Å². The molecule has 0 fully saturated rings. The molecule has 0 unspecified atom stereocenters. The Hall–Kier alpha value is -6.52. The molecule has 2 aromatic heterocycles. The van der Waals surface area contributed by atoms with E-state index in [2.05, 4.69) is 172 Å². The minimum absolute atomic E-state index is 0.112. The standard InChI is InChI=1S/C52H40N2O2S2/c1-51(2)46-11-7-5-9-42(46)44-27-18-36(30-48(44)51)54(37-19-28-45-43-10-6-8-12-47(43)52(3,4)49(45)31-37)35-16-13-33(14-17-35)15-20-38-21-22-39(57-38)23-24-40-25-26-41(58-40)29-34(32-53)50(55)56/h5-31H,1-4H3,(H,55,56)/b20-15+,24-23+,34-29+. The number of anilines is 3. The highest BCUT2D eigenvalue weighted by atomic mass is 32.1. The van der Waals surface area contributed by atoms with Crippen molar-refractivity contribution in [2.45, 2.75) is 38.5 Å². The molecule has 282 valence electrons. The number of carboxylic acids is 1. The van der Waals surface area contributed by atoms with Gasteiger partial charge in [-0.15, -0.1) is 22.7 Å². The molecule has 0 radical (unpaired) electrons. The van der Waals surface area contributed by atoms with Gasteiger partial charge in [-0.05, 0) is 135 Å². The molecule has 58 heavy (non-hydrogen) atoms. The Kier molecular flexibility index (Phi) is 9.24. The second-order valence-electron chi connectivity index (χ2n) is 15.8. The van der Waals surface area contributed by atoms with E-state index in [4.69, 9.17) is 10.4 Å². The quantitative estimate of drug-likeness (QED) is 0.117. The maximum absolute atomic E-state index is 11.2. The Morgan fingerprint density at radius 2 is 0.983 bits per heavy atom. The normalized spacial score (nSPS) is 14.6. The van der Waals surface area contributed by atoms with E-state index < -0.39 is 5.97 Å². The summed E-state index contributed by atoms with van der Waals surface area (Å²) in [7, 11) is 0. The first-order valence-corrected chi connectivity index (χ1v) is 20.9. The Bertz CT molecular complexity index is 2790. The SMILES string of the molecule is CC1(C)c2ccccc2-c2ccc(N(c3ccc(/C=C/c4ccc(/C=C/c5ccc(/C=C(\C#N)C(=O)O)s5)s4)cc3)c3ccc4c(c3)C(C)(C)c3ccccc3-4)cc21. The summed E-state index contributed by atoms with van der Waals surface area (Å²) >= 11 is 3.14. The molecular formula is C52H40N2O2S2. The molecular weight excluding hydrogens is 749 g/mol. The number of thiophene rings is 2. The minimum atomic E-state index is -1.22. The van der Waals surface area contributed by atoms with Crippen LogP contribution in [-0.4, -0.2) is 11.1 Å². The number of nitriles is 1. The second kappa shape index (κ2) is 14.5. The van der Waals surface area contributed by atoms with Crippen molar-refractivity contribution >= 4 is 76.1 Å². The average Bonchev–Trinajstić information content (AvgIpc) is 3.99. The highest BCUT2D eigenvalue weighted by Gasteiger charge is 2.37. The minimum Gasteiger partial charge on any atom is -0.477 e. The first-order valence-electron chi connectivity index (χ1n) is 19.3. The van der Waals surface area contributed by atoms with E-state index in [1.54, 1.807) is 17.4 Å². The summed E-state index contributed by atoms with van der Waals surface area (Å²) in [6.45, 7) is 9.35. The van der Waals surface area contributed by atoms with Gasteiger partial charge in [-0.1, -0.05) is 107 Å². The maximum Gasteiger partial charge on any atom is 0.346 e. The van der Waals surface area contributed by atoms with Crippen molar-refractivity contribution in [3.05, 3.63) is 186 Å². The van der Waals surface area contributed by atoms with Crippen molar-refractivity contribution in [2.24, 2.45) is 0 Å². The molecule has 0 bridgehead atoms. The molecule has 2 heterocycles. The Morgan fingerprint density at radius 3 is 1.48 bits per heavy atom. The van der Waals surface area contributed by atoms with E-state index >= 15 is 0 Å². The van der Waals surface area contributed by atoms with Gasteiger partial charge in [-0.25, -0.2) is 4.79 Å². The molecule has 0 amide bonds. The fourth-order valence-corrected chi connectivity index (χ4v) is 10.2. The van der Waals surface area contributed by atoms with Crippen LogP contribution in [0.3, 0.4) is 0 Å². The predicted molar refractivity (Wildman–Crippen MR) is 244 cm³/mol. The van der Waals surface area contributed by atoms with E-state index in [1.165, 1.54) is 61.9 Å². The Balaban J connectivity index is 1.01. The number of fused-ring (bicyclic) bond motifs is 6.